The van der Waals surface area contributed by atoms with E-state index in [9.17, 15) is 0 Å². The number of benzene rings is 1. The first-order chi connectivity index (χ1) is 4.30. The first-order valence-electron chi connectivity index (χ1n) is 3.11. The van der Waals surface area contributed by atoms with Gasteiger partial charge in [0.25, 0.3) is 0 Å². The Labute approximate surface area is 61.6 Å². The van der Waals surface area contributed by atoms with E-state index in [1.54, 1.807) is 0 Å². The van der Waals surface area contributed by atoms with E-state index in [0.29, 0.717) is 0 Å². The number of rotatable bonds is 1. The van der Waals surface area contributed by atoms with Crippen molar-refractivity contribution < 1.29 is 0 Å². The molecule has 0 aromatic heterocycles. The predicted octanol–water partition coefficient (Wildman–Crippen LogP) is 1.87. The van der Waals surface area contributed by atoms with Crippen LogP contribution >= 0.6 is 0 Å². The molecule has 0 aliphatic carbocycles. The van der Waals surface area contributed by atoms with Crippen LogP contribution in [0, 0.1) is 0 Å². The molecule has 0 saturated heterocycles. The third-order valence-electron chi connectivity index (χ3n) is 1.33. The molecule has 56 valence electrons. The van der Waals surface area contributed by atoms with E-state index < -0.39 is 0 Å². The standard InChI is InChI=1S/C8H11N.H3N/c1-7(9)8-5-3-2-4-6-8;/h2-7H,9H2,1H3;1H3. The fourth-order valence-electron chi connectivity index (χ4n) is 0.757. The Kier molecular flexibility index (Phi) is 3.69. The number of hydrogen-bond acceptors (Lipinski definition) is 2. The van der Waals surface area contributed by atoms with E-state index in [1.165, 1.54) is 5.56 Å². The van der Waals surface area contributed by atoms with Gasteiger partial charge in [0.1, 0.15) is 0 Å². The summed E-state index contributed by atoms with van der Waals surface area (Å²) in [4.78, 5) is 0. The van der Waals surface area contributed by atoms with Crippen molar-refractivity contribution in [3.8, 4) is 0 Å². The first kappa shape index (κ1) is 9.14. The van der Waals surface area contributed by atoms with Crippen molar-refractivity contribution in [3.63, 3.8) is 0 Å². The fraction of sp³-hybridized carbons (Fsp3) is 0.250. The van der Waals surface area contributed by atoms with Crippen molar-refractivity contribution in [2.45, 2.75) is 13.0 Å². The van der Waals surface area contributed by atoms with E-state index in [1.807, 2.05) is 37.3 Å². The average Bonchev–Trinajstić information content (AvgIpc) is 1.90. The summed E-state index contributed by atoms with van der Waals surface area (Å²) in [5.74, 6) is 0. The van der Waals surface area contributed by atoms with Crippen molar-refractivity contribution in [2.24, 2.45) is 5.73 Å². The predicted molar refractivity (Wildman–Crippen MR) is 44.1 cm³/mol. The first-order valence-corrected chi connectivity index (χ1v) is 3.11. The summed E-state index contributed by atoms with van der Waals surface area (Å²) < 4.78 is 0. The molecule has 0 fully saturated rings. The third kappa shape index (κ3) is 2.17. The Morgan fingerprint density at radius 3 is 2.00 bits per heavy atom. The molecule has 10 heavy (non-hydrogen) atoms. The van der Waals surface area contributed by atoms with Gasteiger partial charge in [-0.25, -0.2) is 0 Å². The largest absolute Gasteiger partial charge is 0.344 e. The molecule has 0 aliphatic rings. The minimum absolute atomic E-state index is 0. The summed E-state index contributed by atoms with van der Waals surface area (Å²) in [6.07, 6.45) is 0. The van der Waals surface area contributed by atoms with E-state index in [4.69, 9.17) is 5.73 Å². The lowest BCUT2D eigenvalue weighted by Gasteiger charge is -2.02. The van der Waals surface area contributed by atoms with Crippen molar-refractivity contribution in [1.82, 2.24) is 6.15 Å². The van der Waals surface area contributed by atoms with Crippen molar-refractivity contribution >= 4 is 0 Å². The number of hydrogen-bond donors (Lipinski definition) is 2. The van der Waals surface area contributed by atoms with Crippen LogP contribution in [-0.4, -0.2) is 0 Å². The second-order valence-corrected chi connectivity index (χ2v) is 2.20. The fourth-order valence-corrected chi connectivity index (χ4v) is 0.757. The minimum atomic E-state index is 0. The Morgan fingerprint density at radius 1 is 1.20 bits per heavy atom. The van der Waals surface area contributed by atoms with Gasteiger partial charge in [0.15, 0.2) is 0 Å². The van der Waals surface area contributed by atoms with Gasteiger partial charge >= 0.3 is 0 Å². The van der Waals surface area contributed by atoms with E-state index in [0.717, 1.165) is 0 Å². The summed E-state index contributed by atoms with van der Waals surface area (Å²) in [5.41, 5.74) is 6.81. The second-order valence-electron chi connectivity index (χ2n) is 2.20. The molecule has 0 radical (unpaired) electrons. The van der Waals surface area contributed by atoms with Crippen LogP contribution in [0.2, 0.25) is 0 Å². The monoisotopic (exact) mass is 138 g/mol. The third-order valence-corrected chi connectivity index (χ3v) is 1.33. The molecule has 1 rings (SSSR count). The molecule has 0 amide bonds. The van der Waals surface area contributed by atoms with Gasteiger partial charge in [-0.1, -0.05) is 30.3 Å². The van der Waals surface area contributed by atoms with Crippen molar-refractivity contribution in [3.05, 3.63) is 35.9 Å². The van der Waals surface area contributed by atoms with Gasteiger partial charge in [-0.3, -0.25) is 0 Å². The van der Waals surface area contributed by atoms with Crippen LogP contribution < -0.4 is 11.9 Å². The topological polar surface area (TPSA) is 61.0 Å². The lowest BCUT2D eigenvalue weighted by atomic mass is 10.1. The van der Waals surface area contributed by atoms with Gasteiger partial charge in [-0.2, -0.15) is 0 Å². The molecular formula is C8H14N2. The van der Waals surface area contributed by atoms with Crippen LogP contribution in [0.25, 0.3) is 0 Å². The molecule has 0 spiro atoms. The van der Waals surface area contributed by atoms with Gasteiger partial charge in [0.2, 0.25) is 0 Å². The average molecular weight is 138 g/mol. The zero-order valence-corrected chi connectivity index (χ0v) is 6.25. The zero-order valence-electron chi connectivity index (χ0n) is 6.25. The number of nitrogens with two attached hydrogens (primary N) is 1. The smallest absolute Gasteiger partial charge is 0.0266 e. The minimum Gasteiger partial charge on any atom is -0.344 e. The quantitative estimate of drug-likeness (QED) is 0.622. The van der Waals surface area contributed by atoms with Crippen LogP contribution in [0.3, 0.4) is 0 Å². The van der Waals surface area contributed by atoms with Crippen molar-refractivity contribution in [1.29, 1.82) is 0 Å². The molecule has 1 unspecified atom stereocenters. The van der Waals surface area contributed by atoms with Gasteiger partial charge < -0.3 is 11.9 Å². The van der Waals surface area contributed by atoms with E-state index >= 15 is 0 Å². The Hall–Kier alpha value is -0.860. The molecule has 1 aromatic rings. The van der Waals surface area contributed by atoms with Gasteiger partial charge in [0, 0.05) is 6.04 Å². The summed E-state index contributed by atoms with van der Waals surface area (Å²) in [6.45, 7) is 1.98. The molecule has 1 aromatic carbocycles. The molecule has 2 nitrogen and oxygen atoms in total. The van der Waals surface area contributed by atoms with Crippen LogP contribution in [0.4, 0.5) is 0 Å². The SMILES string of the molecule is CC(N)c1ccccc1.N. The summed E-state index contributed by atoms with van der Waals surface area (Å²) in [6, 6.07) is 10.2. The van der Waals surface area contributed by atoms with E-state index in [2.05, 4.69) is 0 Å². The summed E-state index contributed by atoms with van der Waals surface area (Å²) in [7, 11) is 0. The summed E-state index contributed by atoms with van der Waals surface area (Å²) in [5, 5.41) is 0. The molecule has 0 bridgehead atoms. The van der Waals surface area contributed by atoms with Crippen LogP contribution in [0.5, 0.6) is 0 Å². The highest BCUT2D eigenvalue weighted by molar-refractivity contribution is 5.17. The maximum absolute atomic E-state index is 5.61. The van der Waals surface area contributed by atoms with Gasteiger partial charge in [-0.05, 0) is 12.5 Å². The molecular weight excluding hydrogens is 124 g/mol. The van der Waals surface area contributed by atoms with E-state index in [-0.39, 0.29) is 12.2 Å². The molecule has 1 atom stereocenters. The zero-order chi connectivity index (χ0) is 6.69. The second kappa shape index (κ2) is 4.04. The van der Waals surface area contributed by atoms with Crippen LogP contribution in [0.15, 0.2) is 30.3 Å². The van der Waals surface area contributed by atoms with Gasteiger partial charge in [-0.15, -0.1) is 0 Å². The van der Waals surface area contributed by atoms with Crippen LogP contribution in [-0.2, 0) is 0 Å². The maximum Gasteiger partial charge on any atom is 0.0266 e. The molecule has 2 heteroatoms. The Bertz CT molecular complexity index is 170. The highest BCUT2D eigenvalue weighted by Crippen LogP contribution is 2.06. The van der Waals surface area contributed by atoms with Gasteiger partial charge in [0.05, 0.1) is 0 Å². The van der Waals surface area contributed by atoms with Crippen molar-refractivity contribution in [2.75, 3.05) is 0 Å². The molecule has 0 saturated carbocycles. The lowest BCUT2D eigenvalue weighted by Crippen LogP contribution is -2.03. The van der Waals surface area contributed by atoms with Crippen LogP contribution in [0.1, 0.15) is 18.5 Å². The highest BCUT2D eigenvalue weighted by Gasteiger charge is 1.93. The molecule has 0 heterocycles. The summed E-state index contributed by atoms with van der Waals surface area (Å²) >= 11 is 0. The Morgan fingerprint density at radius 2 is 1.70 bits per heavy atom. The Balaban J connectivity index is 0.000000810. The maximum atomic E-state index is 5.61. The highest BCUT2D eigenvalue weighted by atomic mass is 14.6. The molecule has 5 N–H and O–H groups in total. The lowest BCUT2D eigenvalue weighted by molar-refractivity contribution is 0.818. The normalized spacial score (nSPS) is 11.8. The molecule has 0 aliphatic heterocycles.